The predicted molar refractivity (Wildman–Crippen MR) is 75.6 cm³/mol. The van der Waals surface area contributed by atoms with Gasteiger partial charge in [0.15, 0.2) is 5.82 Å². The van der Waals surface area contributed by atoms with Gasteiger partial charge >= 0.3 is 5.69 Å². The van der Waals surface area contributed by atoms with Crippen LogP contribution in [-0.2, 0) is 19.6 Å². The third-order valence-corrected chi connectivity index (χ3v) is 3.74. The number of amides is 1. The van der Waals surface area contributed by atoms with Gasteiger partial charge in [-0.1, -0.05) is 6.07 Å². The maximum absolute atomic E-state index is 13.4. The molecule has 0 atom stereocenters. The quantitative estimate of drug-likeness (QED) is 0.867. The summed E-state index contributed by atoms with van der Waals surface area (Å²) in [6, 6.07) is 4.05. The first-order valence-electron chi connectivity index (χ1n) is 6.97. The van der Waals surface area contributed by atoms with Crippen molar-refractivity contribution in [3.8, 4) is 0 Å². The Morgan fingerprint density at radius 2 is 2.14 bits per heavy atom. The molecule has 0 unspecified atom stereocenters. The molecule has 2 heterocycles. The van der Waals surface area contributed by atoms with Gasteiger partial charge in [-0.05, 0) is 31.0 Å². The predicted octanol–water partition coefficient (Wildman–Crippen LogP) is 0.0306. The lowest BCUT2D eigenvalue weighted by molar-refractivity contribution is 0.0942. The SMILES string of the molecule is CCn1c(CO)nn(N2CCc3ccc(F)cc3C2=O)c1=O. The van der Waals surface area contributed by atoms with Gasteiger partial charge in [0.2, 0.25) is 0 Å². The molecule has 0 saturated heterocycles. The highest BCUT2D eigenvalue weighted by Gasteiger charge is 2.29. The number of benzene rings is 1. The van der Waals surface area contributed by atoms with Gasteiger partial charge in [0.25, 0.3) is 5.91 Å². The minimum Gasteiger partial charge on any atom is -0.388 e. The molecule has 1 aromatic heterocycles. The van der Waals surface area contributed by atoms with Crippen molar-refractivity contribution in [3.63, 3.8) is 0 Å². The van der Waals surface area contributed by atoms with Crippen molar-refractivity contribution < 1.29 is 14.3 Å². The molecule has 8 heteroatoms. The van der Waals surface area contributed by atoms with Crippen LogP contribution in [0.4, 0.5) is 4.39 Å². The number of aliphatic hydroxyl groups is 1. The lowest BCUT2D eigenvalue weighted by Crippen LogP contribution is -2.50. The molecule has 2 aromatic rings. The van der Waals surface area contributed by atoms with Crippen LogP contribution in [0.15, 0.2) is 23.0 Å². The van der Waals surface area contributed by atoms with E-state index in [2.05, 4.69) is 5.10 Å². The highest BCUT2D eigenvalue weighted by molar-refractivity contribution is 6.03. The normalized spacial score (nSPS) is 14.3. The van der Waals surface area contributed by atoms with Gasteiger partial charge in [0.05, 0.1) is 0 Å². The van der Waals surface area contributed by atoms with Crippen LogP contribution in [0, 0.1) is 5.82 Å². The van der Waals surface area contributed by atoms with Crippen molar-refractivity contribution in [2.45, 2.75) is 26.5 Å². The van der Waals surface area contributed by atoms with Crippen molar-refractivity contribution in [2.24, 2.45) is 0 Å². The number of aromatic nitrogens is 3. The molecule has 1 N–H and O–H groups in total. The summed E-state index contributed by atoms with van der Waals surface area (Å²) in [5, 5.41) is 14.4. The molecule has 0 fully saturated rings. The van der Waals surface area contributed by atoms with Gasteiger partial charge in [0, 0.05) is 18.7 Å². The molecule has 0 bridgehead atoms. The van der Waals surface area contributed by atoms with Crippen LogP contribution in [0.1, 0.15) is 28.7 Å². The van der Waals surface area contributed by atoms with Crippen LogP contribution >= 0.6 is 0 Å². The van der Waals surface area contributed by atoms with E-state index in [1.54, 1.807) is 13.0 Å². The second-order valence-corrected chi connectivity index (χ2v) is 4.97. The second kappa shape index (κ2) is 5.38. The molecular formula is C14H15FN4O3. The van der Waals surface area contributed by atoms with Crippen molar-refractivity contribution in [2.75, 3.05) is 11.6 Å². The number of carbonyl (C=O) groups is 1. The molecule has 1 aliphatic heterocycles. The average Bonchev–Trinajstić information content (AvgIpc) is 2.84. The van der Waals surface area contributed by atoms with Gasteiger partial charge in [-0.2, -0.15) is 0 Å². The van der Waals surface area contributed by atoms with Gasteiger partial charge in [-0.25, -0.2) is 14.2 Å². The van der Waals surface area contributed by atoms with E-state index in [1.807, 2.05) is 0 Å². The fourth-order valence-corrected chi connectivity index (χ4v) is 2.63. The highest BCUT2D eigenvalue weighted by Crippen LogP contribution is 2.18. The Morgan fingerprint density at radius 1 is 1.36 bits per heavy atom. The maximum atomic E-state index is 13.4. The van der Waals surface area contributed by atoms with E-state index in [0.717, 1.165) is 10.4 Å². The van der Waals surface area contributed by atoms with Crippen molar-refractivity contribution in [1.82, 2.24) is 14.5 Å². The van der Waals surface area contributed by atoms with Crippen LogP contribution in [-0.4, -0.2) is 32.0 Å². The monoisotopic (exact) mass is 306 g/mol. The highest BCUT2D eigenvalue weighted by atomic mass is 19.1. The lowest BCUT2D eigenvalue weighted by atomic mass is 10.00. The first-order chi connectivity index (χ1) is 10.6. The van der Waals surface area contributed by atoms with Crippen molar-refractivity contribution in [1.29, 1.82) is 0 Å². The second-order valence-electron chi connectivity index (χ2n) is 4.97. The lowest BCUT2D eigenvalue weighted by Gasteiger charge is -2.27. The van der Waals surface area contributed by atoms with Gasteiger partial charge in [-0.3, -0.25) is 9.36 Å². The standard InChI is InChI=1S/C14H15FN4O3/c1-2-17-12(8-20)16-19(14(17)22)18-6-5-9-3-4-10(15)7-11(9)13(18)21/h3-4,7,20H,2,5-6,8H2,1H3. The summed E-state index contributed by atoms with van der Waals surface area (Å²) in [5.41, 5.74) is 0.475. The molecule has 0 saturated carbocycles. The number of nitrogens with zero attached hydrogens (tertiary/aromatic N) is 4. The van der Waals surface area contributed by atoms with Crippen LogP contribution in [0.2, 0.25) is 0 Å². The van der Waals surface area contributed by atoms with Gasteiger partial charge < -0.3 is 5.11 Å². The summed E-state index contributed by atoms with van der Waals surface area (Å²) in [4.78, 5) is 25.7. The van der Waals surface area contributed by atoms with E-state index in [9.17, 15) is 19.1 Å². The van der Waals surface area contributed by atoms with E-state index < -0.39 is 24.0 Å². The third kappa shape index (κ3) is 2.12. The number of hydrogen-bond acceptors (Lipinski definition) is 4. The molecule has 7 nitrogen and oxygen atoms in total. The first-order valence-corrected chi connectivity index (χ1v) is 6.97. The molecule has 3 rings (SSSR count). The smallest absolute Gasteiger partial charge is 0.366 e. The maximum Gasteiger partial charge on any atom is 0.366 e. The fourth-order valence-electron chi connectivity index (χ4n) is 2.63. The van der Waals surface area contributed by atoms with Crippen LogP contribution in [0.25, 0.3) is 0 Å². The third-order valence-electron chi connectivity index (χ3n) is 3.74. The number of aliphatic hydroxyl groups excluding tert-OH is 1. The Labute approximate surface area is 125 Å². The molecule has 1 aromatic carbocycles. The number of hydrogen-bond donors (Lipinski definition) is 1. The molecule has 0 radical (unpaired) electrons. The molecule has 0 spiro atoms. The fraction of sp³-hybridized carbons (Fsp3) is 0.357. The number of carbonyl (C=O) groups excluding carboxylic acids is 1. The zero-order valence-corrected chi connectivity index (χ0v) is 12.0. The molecule has 116 valence electrons. The Bertz CT molecular complexity index is 796. The number of fused-ring (bicyclic) bond motifs is 1. The molecular weight excluding hydrogens is 291 g/mol. The summed E-state index contributed by atoms with van der Waals surface area (Å²) in [6.07, 6.45) is 0.501. The minimum absolute atomic E-state index is 0.185. The van der Waals surface area contributed by atoms with E-state index in [-0.39, 0.29) is 17.9 Å². The van der Waals surface area contributed by atoms with E-state index in [1.165, 1.54) is 21.7 Å². The van der Waals surface area contributed by atoms with Crippen LogP contribution in [0.3, 0.4) is 0 Å². The topological polar surface area (TPSA) is 80.4 Å². The van der Waals surface area contributed by atoms with E-state index in [4.69, 9.17) is 0 Å². The van der Waals surface area contributed by atoms with Crippen LogP contribution < -0.4 is 10.7 Å². The Balaban J connectivity index is 2.06. The summed E-state index contributed by atoms with van der Waals surface area (Å²) in [7, 11) is 0. The van der Waals surface area contributed by atoms with Gasteiger partial charge in [-0.15, -0.1) is 9.89 Å². The summed E-state index contributed by atoms with van der Waals surface area (Å²) in [6.45, 7) is 1.95. The molecule has 1 aliphatic rings. The average molecular weight is 306 g/mol. The summed E-state index contributed by atoms with van der Waals surface area (Å²) in [5.74, 6) is -0.796. The van der Waals surface area contributed by atoms with E-state index >= 15 is 0 Å². The zero-order chi connectivity index (χ0) is 15.9. The zero-order valence-electron chi connectivity index (χ0n) is 12.0. The number of halogens is 1. The van der Waals surface area contributed by atoms with Crippen molar-refractivity contribution >= 4 is 5.91 Å². The van der Waals surface area contributed by atoms with E-state index in [0.29, 0.717) is 13.0 Å². The van der Waals surface area contributed by atoms with Crippen LogP contribution in [0.5, 0.6) is 0 Å². The largest absolute Gasteiger partial charge is 0.388 e. The summed E-state index contributed by atoms with van der Waals surface area (Å²) >= 11 is 0. The molecule has 1 amide bonds. The Kier molecular flexibility index (Phi) is 3.53. The molecule has 22 heavy (non-hydrogen) atoms. The number of rotatable bonds is 3. The summed E-state index contributed by atoms with van der Waals surface area (Å²) < 4.78 is 14.6. The minimum atomic E-state index is -0.503. The van der Waals surface area contributed by atoms with Gasteiger partial charge in [0.1, 0.15) is 12.4 Å². The Morgan fingerprint density at radius 3 is 2.77 bits per heavy atom. The molecule has 0 aliphatic carbocycles. The first kappa shape index (κ1) is 14.5. The van der Waals surface area contributed by atoms with Crippen molar-refractivity contribution in [3.05, 3.63) is 51.5 Å². The Hall–Kier alpha value is -2.48.